The number of halogens is 3. The molecule has 2 unspecified atom stereocenters. The van der Waals surface area contributed by atoms with Crippen LogP contribution in [0.15, 0.2) is 18.3 Å². The van der Waals surface area contributed by atoms with Crippen LogP contribution in [0.1, 0.15) is 38.7 Å². The number of carboxylic acid groups (broad SMARTS) is 1. The van der Waals surface area contributed by atoms with Crippen LogP contribution in [0, 0.1) is 5.92 Å². The summed E-state index contributed by atoms with van der Waals surface area (Å²) in [7, 11) is 0. The van der Waals surface area contributed by atoms with Gasteiger partial charge in [-0.05, 0) is 31.9 Å². The molecule has 0 amide bonds. The summed E-state index contributed by atoms with van der Waals surface area (Å²) in [6, 6.07) is 2.28. The molecule has 0 aliphatic heterocycles. The normalized spacial score (nSPS) is 14.5. The molecule has 0 aliphatic rings. The number of aliphatic carboxylic acids is 1. The van der Waals surface area contributed by atoms with E-state index in [9.17, 15) is 18.0 Å². The maximum atomic E-state index is 12.4. The fourth-order valence-electron chi connectivity index (χ4n) is 1.83. The monoisotopic (exact) mass is 304 g/mol. The minimum absolute atomic E-state index is 0.00947. The van der Waals surface area contributed by atoms with Crippen LogP contribution in [-0.2, 0) is 11.0 Å². The second-order valence-electron chi connectivity index (χ2n) is 5.15. The number of carbonyl (C=O) groups is 1. The second kappa shape index (κ2) is 7.28. The quantitative estimate of drug-likeness (QED) is 0.804. The Labute approximate surface area is 121 Å². The van der Waals surface area contributed by atoms with E-state index in [0.717, 1.165) is 25.1 Å². The summed E-state index contributed by atoms with van der Waals surface area (Å²) >= 11 is 0. The Bertz CT molecular complexity index is 460. The highest BCUT2D eigenvalue weighted by Crippen LogP contribution is 2.28. The Morgan fingerprint density at radius 3 is 2.48 bits per heavy atom. The Morgan fingerprint density at radius 1 is 1.33 bits per heavy atom. The van der Waals surface area contributed by atoms with Gasteiger partial charge in [0.2, 0.25) is 0 Å². The molecule has 0 aliphatic carbocycles. The number of hydrogen-bond donors (Lipinski definition) is 2. The van der Waals surface area contributed by atoms with Crippen LogP contribution in [0.3, 0.4) is 0 Å². The minimum Gasteiger partial charge on any atom is -0.481 e. The molecule has 0 spiro atoms. The lowest BCUT2D eigenvalue weighted by Crippen LogP contribution is -2.17. The van der Waals surface area contributed by atoms with Crippen molar-refractivity contribution in [1.82, 2.24) is 4.98 Å². The van der Waals surface area contributed by atoms with Crippen LogP contribution in [0.4, 0.5) is 19.0 Å². The van der Waals surface area contributed by atoms with E-state index in [1.165, 1.54) is 6.07 Å². The molecule has 4 nitrogen and oxygen atoms in total. The lowest BCUT2D eigenvalue weighted by atomic mass is 10.0. The predicted octanol–water partition coefficient (Wildman–Crippen LogP) is 3.79. The van der Waals surface area contributed by atoms with Crippen molar-refractivity contribution < 1.29 is 23.1 Å². The molecule has 0 bridgehead atoms. The first kappa shape index (κ1) is 17.3. The van der Waals surface area contributed by atoms with E-state index < -0.39 is 17.7 Å². The van der Waals surface area contributed by atoms with E-state index in [1.807, 2.05) is 6.92 Å². The molecular weight excluding hydrogens is 285 g/mol. The first-order chi connectivity index (χ1) is 9.70. The number of nitrogens with one attached hydrogen (secondary N) is 1. The predicted molar refractivity (Wildman–Crippen MR) is 73.0 cm³/mol. The van der Waals surface area contributed by atoms with Gasteiger partial charge in [-0.3, -0.25) is 4.79 Å². The Morgan fingerprint density at radius 2 is 2.00 bits per heavy atom. The third-order valence-corrected chi connectivity index (χ3v) is 3.18. The Hall–Kier alpha value is -1.79. The zero-order chi connectivity index (χ0) is 16.0. The lowest BCUT2D eigenvalue weighted by Gasteiger charge is -2.15. The summed E-state index contributed by atoms with van der Waals surface area (Å²) in [5.41, 5.74) is -0.781. The molecule has 118 valence electrons. The molecule has 1 aromatic heterocycles. The summed E-state index contributed by atoms with van der Waals surface area (Å²) in [6.07, 6.45) is -1.57. The largest absolute Gasteiger partial charge is 0.481 e. The van der Waals surface area contributed by atoms with Gasteiger partial charge in [-0.15, -0.1) is 0 Å². The molecule has 0 fully saturated rings. The van der Waals surface area contributed by atoms with Gasteiger partial charge in [0.25, 0.3) is 0 Å². The number of pyridine rings is 1. The number of aromatic nitrogens is 1. The van der Waals surface area contributed by atoms with Gasteiger partial charge in [0.05, 0.1) is 11.5 Å². The van der Waals surface area contributed by atoms with Crippen molar-refractivity contribution in [2.45, 2.75) is 45.3 Å². The number of rotatable bonds is 7. The summed E-state index contributed by atoms with van der Waals surface area (Å²) < 4.78 is 37.1. The molecule has 0 saturated heterocycles. The van der Waals surface area contributed by atoms with E-state index in [2.05, 4.69) is 10.3 Å². The van der Waals surface area contributed by atoms with E-state index >= 15 is 0 Å². The van der Waals surface area contributed by atoms with Gasteiger partial charge in [-0.25, -0.2) is 4.98 Å². The maximum absolute atomic E-state index is 12.4. The zero-order valence-corrected chi connectivity index (χ0v) is 11.9. The van der Waals surface area contributed by atoms with Crippen molar-refractivity contribution in [1.29, 1.82) is 0 Å². The highest BCUT2D eigenvalue weighted by atomic mass is 19.4. The highest BCUT2D eigenvalue weighted by Gasteiger charge is 2.30. The standard InChI is InChI=1S/C14H19F3N2O2/c1-9(13(20)21)4-3-5-10(2)19-12-7-6-11(8-18-12)14(15,16)17/h6-10H,3-5H2,1-2H3,(H,18,19)(H,20,21). The fraction of sp³-hybridized carbons (Fsp3) is 0.571. The third-order valence-electron chi connectivity index (χ3n) is 3.18. The molecule has 2 atom stereocenters. The highest BCUT2D eigenvalue weighted by molar-refractivity contribution is 5.69. The van der Waals surface area contributed by atoms with Crippen LogP contribution in [0.2, 0.25) is 0 Å². The van der Waals surface area contributed by atoms with E-state index in [0.29, 0.717) is 12.2 Å². The van der Waals surface area contributed by atoms with Gasteiger partial charge >= 0.3 is 12.1 Å². The van der Waals surface area contributed by atoms with Crippen molar-refractivity contribution in [2.75, 3.05) is 5.32 Å². The first-order valence-corrected chi connectivity index (χ1v) is 6.72. The first-order valence-electron chi connectivity index (χ1n) is 6.72. The molecule has 21 heavy (non-hydrogen) atoms. The molecule has 0 radical (unpaired) electrons. The molecule has 0 aromatic carbocycles. The molecule has 1 rings (SSSR count). The van der Waals surface area contributed by atoms with Crippen molar-refractivity contribution in [3.8, 4) is 0 Å². The van der Waals surface area contributed by atoms with E-state index in [1.54, 1.807) is 6.92 Å². The summed E-state index contributed by atoms with van der Waals surface area (Å²) in [5, 5.41) is 11.8. The van der Waals surface area contributed by atoms with Crippen molar-refractivity contribution >= 4 is 11.8 Å². The van der Waals surface area contributed by atoms with Crippen LogP contribution < -0.4 is 5.32 Å². The van der Waals surface area contributed by atoms with Gasteiger partial charge in [0.15, 0.2) is 0 Å². The summed E-state index contributed by atoms with van der Waals surface area (Å²) in [6.45, 7) is 3.53. The van der Waals surface area contributed by atoms with Gasteiger partial charge in [-0.1, -0.05) is 13.3 Å². The molecule has 1 heterocycles. The van der Waals surface area contributed by atoms with Gasteiger partial charge in [-0.2, -0.15) is 13.2 Å². The minimum atomic E-state index is -4.38. The average molecular weight is 304 g/mol. The smallest absolute Gasteiger partial charge is 0.417 e. The molecular formula is C14H19F3N2O2. The Balaban J connectivity index is 2.41. The SMILES string of the molecule is CC(CCCC(C)C(=O)O)Nc1ccc(C(F)(F)F)cn1. The van der Waals surface area contributed by atoms with Crippen LogP contribution in [0.25, 0.3) is 0 Å². The second-order valence-corrected chi connectivity index (χ2v) is 5.15. The van der Waals surface area contributed by atoms with Crippen LogP contribution in [0.5, 0.6) is 0 Å². The van der Waals surface area contributed by atoms with Crippen LogP contribution in [-0.4, -0.2) is 22.1 Å². The van der Waals surface area contributed by atoms with Crippen LogP contribution >= 0.6 is 0 Å². The van der Waals surface area contributed by atoms with Crippen molar-refractivity contribution in [3.05, 3.63) is 23.9 Å². The zero-order valence-electron chi connectivity index (χ0n) is 11.9. The van der Waals surface area contributed by atoms with Crippen molar-refractivity contribution in [2.24, 2.45) is 5.92 Å². The van der Waals surface area contributed by atoms with E-state index in [-0.39, 0.29) is 12.0 Å². The topological polar surface area (TPSA) is 62.2 Å². The number of carboxylic acids is 1. The number of alkyl halides is 3. The molecule has 2 N–H and O–H groups in total. The maximum Gasteiger partial charge on any atom is 0.417 e. The fourth-order valence-corrected chi connectivity index (χ4v) is 1.83. The number of nitrogens with zero attached hydrogens (tertiary/aromatic N) is 1. The van der Waals surface area contributed by atoms with Gasteiger partial charge in [0, 0.05) is 12.2 Å². The van der Waals surface area contributed by atoms with Gasteiger partial charge in [0.1, 0.15) is 5.82 Å². The summed E-state index contributed by atoms with van der Waals surface area (Å²) in [5.74, 6) is -0.830. The molecule has 7 heteroatoms. The van der Waals surface area contributed by atoms with Gasteiger partial charge < -0.3 is 10.4 Å². The molecule has 0 saturated carbocycles. The third kappa shape index (κ3) is 6.01. The molecule has 1 aromatic rings. The average Bonchev–Trinajstić information content (AvgIpc) is 2.38. The van der Waals surface area contributed by atoms with E-state index in [4.69, 9.17) is 5.11 Å². The number of hydrogen-bond acceptors (Lipinski definition) is 3. The number of anilines is 1. The Kier molecular flexibility index (Phi) is 5.99. The lowest BCUT2D eigenvalue weighted by molar-refractivity contribution is -0.141. The summed E-state index contributed by atoms with van der Waals surface area (Å²) in [4.78, 5) is 14.4. The van der Waals surface area contributed by atoms with Crippen molar-refractivity contribution in [3.63, 3.8) is 0 Å².